The van der Waals surface area contributed by atoms with E-state index in [9.17, 15) is 0 Å². The number of hydrogen-bond acceptors (Lipinski definition) is 3. The third kappa shape index (κ3) is 6.12. The van der Waals surface area contributed by atoms with E-state index in [4.69, 9.17) is 14.4 Å². The number of nitrogens with zero attached hydrogens (tertiary/aromatic N) is 2. The Kier molecular flexibility index (Phi) is 8.62. The van der Waals surface area contributed by atoms with E-state index >= 15 is 0 Å². The van der Waals surface area contributed by atoms with Crippen LogP contribution in [-0.2, 0) is 5.41 Å². The van der Waals surface area contributed by atoms with E-state index in [0.717, 1.165) is 77.8 Å². The number of furan rings is 1. The first-order valence-corrected chi connectivity index (χ1v) is 21.6. The third-order valence-corrected chi connectivity index (χ3v) is 13.0. The first kappa shape index (κ1) is 36.7. The standard InChI is InChI=1S/C60H40N2O/c1-60(45-22-9-4-10-23-45)52-29-15-13-27-50(52)58-49(28-17-30-53(58)60)46-24-11-12-25-47(46)55-38-54(61-59(62-55)40-20-7-3-8-21-40)44-35-42(39-18-5-2-6-19-39)34-43(36-44)41-32-33-57-51(37-41)48-26-14-16-31-56(48)63-57/h2-38H,1H3. The molecule has 1 aliphatic carbocycles. The monoisotopic (exact) mass is 804 g/mol. The Morgan fingerprint density at radius 2 is 0.921 bits per heavy atom. The molecule has 0 bridgehead atoms. The van der Waals surface area contributed by atoms with Crippen molar-refractivity contribution in [2.45, 2.75) is 12.3 Å². The average molecular weight is 805 g/mol. The lowest BCUT2D eigenvalue weighted by Gasteiger charge is -2.28. The lowest BCUT2D eigenvalue weighted by Crippen LogP contribution is -2.22. The van der Waals surface area contributed by atoms with Gasteiger partial charge in [0, 0.05) is 32.9 Å². The highest BCUT2D eigenvalue weighted by Gasteiger charge is 2.41. The molecular weight excluding hydrogens is 765 g/mol. The molecule has 0 amide bonds. The molecule has 11 aromatic rings. The van der Waals surface area contributed by atoms with E-state index < -0.39 is 0 Å². The normalized spacial score (nSPS) is 14.2. The zero-order valence-corrected chi connectivity index (χ0v) is 34.7. The second-order valence-corrected chi connectivity index (χ2v) is 16.6. The number of rotatable bonds is 7. The van der Waals surface area contributed by atoms with Crippen LogP contribution in [0, 0.1) is 0 Å². The summed E-state index contributed by atoms with van der Waals surface area (Å²) in [5, 5.41) is 2.21. The molecular formula is C60H40N2O. The smallest absolute Gasteiger partial charge is 0.160 e. The minimum absolute atomic E-state index is 0.308. The second kappa shape index (κ2) is 14.8. The molecule has 63 heavy (non-hydrogen) atoms. The van der Waals surface area contributed by atoms with Crippen molar-refractivity contribution in [2.24, 2.45) is 0 Å². The van der Waals surface area contributed by atoms with Gasteiger partial charge in [0.2, 0.25) is 0 Å². The fourth-order valence-corrected chi connectivity index (χ4v) is 9.88. The van der Waals surface area contributed by atoms with Gasteiger partial charge in [-0.1, -0.05) is 182 Å². The number of hydrogen-bond donors (Lipinski definition) is 0. The third-order valence-electron chi connectivity index (χ3n) is 13.0. The summed E-state index contributed by atoms with van der Waals surface area (Å²) in [7, 11) is 0. The highest BCUT2D eigenvalue weighted by molar-refractivity contribution is 6.06. The van der Waals surface area contributed by atoms with Gasteiger partial charge in [-0.15, -0.1) is 0 Å². The number of benzene rings is 9. The zero-order chi connectivity index (χ0) is 41.9. The maximum Gasteiger partial charge on any atom is 0.160 e. The molecule has 1 aliphatic rings. The van der Waals surface area contributed by atoms with Crippen LogP contribution in [0.2, 0.25) is 0 Å². The predicted molar refractivity (Wildman–Crippen MR) is 259 cm³/mol. The average Bonchev–Trinajstić information content (AvgIpc) is 3.87. The van der Waals surface area contributed by atoms with E-state index in [0.29, 0.717) is 5.82 Å². The molecule has 2 heterocycles. The van der Waals surface area contributed by atoms with Gasteiger partial charge in [-0.3, -0.25) is 0 Å². The van der Waals surface area contributed by atoms with Gasteiger partial charge in [0.15, 0.2) is 5.82 Å². The Morgan fingerprint density at radius 1 is 0.349 bits per heavy atom. The highest BCUT2D eigenvalue weighted by atomic mass is 16.3. The van der Waals surface area contributed by atoms with Gasteiger partial charge in [-0.2, -0.15) is 0 Å². The van der Waals surface area contributed by atoms with Crippen LogP contribution in [0.4, 0.5) is 0 Å². The van der Waals surface area contributed by atoms with Gasteiger partial charge >= 0.3 is 0 Å². The van der Waals surface area contributed by atoms with Gasteiger partial charge in [-0.05, 0) is 111 Å². The highest BCUT2D eigenvalue weighted by Crippen LogP contribution is 2.55. The van der Waals surface area contributed by atoms with Crippen LogP contribution in [0.25, 0.3) is 100 Å². The predicted octanol–water partition coefficient (Wildman–Crippen LogP) is 15.7. The molecule has 0 saturated carbocycles. The molecule has 0 saturated heterocycles. The summed E-state index contributed by atoms with van der Waals surface area (Å²) in [6.45, 7) is 2.37. The second-order valence-electron chi connectivity index (χ2n) is 16.6. The molecule has 12 rings (SSSR count). The summed E-state index contributed by atoms with van der Waals surface area (Å²) in [4.78, 5) is 10.8. The Morgan fingerprint density at radius 3 is 1.71 bits per heavy atom. The van der Waals surface area contributed by atoms with Crippen LogP contribution in [-0.4, -0.2) is 9.97 Å². The van der Waals surface area contributed by atoms with Crippen molar-refractivity contribution in [1.29, 1.82) is 0 Å². The zero-order valence-electron chi connectivity index (χ0n) is 34.7. The summed E-state index contributed by atoms with van der Waals surface area (Å²) in [5.41, 5.74) is 19.4. The molecule has 296 valence electrons. The first-order chi connectivity index (χ1) is 31.1. The Balaban J connectivity index is 1.07. The van der Waals surface area contributed by atoms with Crippen molar-refractivity contribution < 1.29 is 4.42 Å². The van der Waals surface area contributed by atoms with Crippen LogP contribution in [0.5, 0.6) is 0 Å². The van der Waals surface area contributed by atoms with Crippen LogP contribution in [0.1, 0.15) is 23.6 Å². The summed E-state index contributed by atoms with van der Waals surface area (Å²) >= 11 is 0. The number of aromatic nitrogens is 2. The van der Waals surface area contributed by atoms with Crippen LogP contribution in [0.15, 0.2) is 229 Å². The Labute approximate surface area is 366 Å². The molecule has 9 aromatic carbocycles. The Bertz CT molecular complexity index is 3520. The number of para-hydroxylation sites is 1. The number of fused-ring (bicyclic) bond motifs is 6. The molecule has 3 heteroatoms. The lowest BCUT2D eigenvalue weighted by atomic mass is 9.74. The summed E-state index contributed by atoms with van der Waals surface area (Å²) in [6.07, 6.45) is 0. The summed E-state index contributed by atoms with van der Waals surface area (Å²) < 4.78 is 6.24. The van der Waals surface area contributed by atoms with Crippen LogP contribution in [0.3, 0.4) is 0 Å². The lowest BCUT2D eigenvalue weighted by molar-refractivity contribution is 0.669. The molecule has 0 spiro atoms. The van der Waals surface area contributed by atoms with Crippen molar-refractivity contribution >= 4 is 21.9 Å². The van der Waals surface area contributed by atoms with Gasteiger partial charge in [-0.25, -0.2) is 9.97 Å². The maximum atomic E-state index is 6.24. The van der Waals surface area contributed by atoms with Crippen molar-refractivity contribution in [3.8, 4) is 78.4 Å². The van der Waals surface area contributed by atoms with E-state index in [1.807, 2.05) is 18.2 Å². The van der Waals surface area contributed by atoms with Crippen molar-refractivity contribution in [1.82, 2.24) is 9.97 Å². The van der Waals surface area contributed by atoms with Crippen molar-refractivity contribution in [3.63, 3.8) is 0 Å². The first-order valence-electron chi connectivity index (χ1n) is 21.6. The topological polar surface area (TPSA) is 38.9 Å². The molecule has 2 aromatic heterocycles. The largest absolute Gasteiger partial charge is 0.456 e. The van der Waals surface area contributed by atoms with E-state index in [2.05, 4.69) is 213 Å². The molecule has 3 nitrogen and oxygen atoms in total. The molecule has 0 radical (unpaired) electrons. The molecule has 0 fully saturated rings. The van der Waals surface area contributed by atoms with E-state index in [1.165, 1.54) is 33.4 Å². The van der Waals surface area contributed by atoms with Gasteiger partial charge < -0.3 is 4.42 Å². The molecule has 0 N–H and O–H groups in total. The summed E-state index contributed by atoms with van der Waals surface area (Å²) in [5.74, 6) is 0.677. The quantitative estimate of drug-likeness (QED) is 0.161. The summed E-state index contributed by atoms with van der Waals surface area (Å²) in [6, 6.07) is 80.1. The minimum Gasteiger partial charge on any atom is -0.456 e. The van der Waals surface area contributed by atoms with Crippen LogP contribution >= 0.6 is 0 Å². The van der Waals surface area contributed by atoms with E-state index in [-0.39, 0.29) is 5.41 Å². The van der Waals surface area contributed by atoms with Gasteiger partial charge in [0.1, 0.15) is 11.2 Å². The van der Waals surface area contributed by atoms with Crippen LogP contribution < -0.4 is 0 Å². The van der Waals surface area contributed by atoms with Crippen molar-refractivity contribution in [2.75, 3.05) is 0 Å². The maximum absolute atomic E-state index is 6.24. The molecule has 0 aliphatic heterocycles. The van der Waals surface area contributed by atoms with Gasteiger partial charge in [0.25, 0.3) is 0 Å². The van der Waals surface area contributed by atoms with Crippen molar-refractivity contribution in [3.05, 3.63) is 241 Å². The van der Waals surface area contributed by atoms with Gasteiger partial charge in [0.05, 0.1) is 11.4 Å². The minimum atomic E-state index is -0.308. The fraction of sp³-hybridized carbons (Fsp3) is 0.0333. The Hall–Kier alpha value is -8.14. The molecule has 1 unspecified atom stereocenters. The fourth-order valence-electron chi connectivity index (χ4n) is 9.88. The molecule has 1 atom stereocenters. The SMILES string of the molecule is CC1(c2ccccc2)c2ccccc2-c2c(-c3ccccc3-c3cc(-c4cc(-c5ccccc5)cc(-c5ccc6oc7ccccc7c6c5)c4)nc(-c4ccccc4)n3)cccc21. The van der Waals surface area contributed by atoms with E-state index in [1.54, 1.807) is 0 Å².